The number of aromatic nitrogens is 1. The van der Waals surface area contributed by atoms with Gasteiger partial charge in [0.25, 0.3) is 5.91 Å². The first kappa shape index (κ1) is 20.4. The van der Waals surface area contributed by atoms with E-state index in [1.807, 2.05) is 42.5 Å². The minimum absolute atomic E-state index is 0.269. The zero-order valence-electron chi connectivity index (χ0n) is 17.7. The van der Waals surface area contributed by atoms with Crippen LogP contribution >= 0.6 is 0 Å². The van der Waals surface area contributed by atoms with Crippen LogP contribution in [0.2, 0.25) is 0 Å². The smallest absolute Gasteiger partial charge is 0.302 e. The van der Waals surface area contributed by atoms with Crippen molar-refractivity contribution in [3.8, 4) is 0 Å². The van der Waals surface area contributed by atoms with Crippen LogP contribution < -0.4 is 16.0 Å². The quantitative estimate of drug-likeness (QED) is 0.415. The molecule has 33 heavy (non-hydrogen) atoms. The maximum absolute atomic E-state index is 13.6. The van der Waals surface area contributed by atoms with Gasteiger partial charge in [-0.3, -0.25) is 10.1 Å². The maximum Gasteiger partial charge on any atom is 0.302 e. The van der Waals surface area contributed by atoms with Gasteiger partial charge in [-0.25, -0.2) is 9.38 Å². The summed E-state index contributed by atoms with van der Waals surface area (Å²) in [4.78, 5) is 22.3. The van der Waals surface area contributed by atoms with Crippen LogP contribution in [0.15, 0.2) is 99.5 Å². The Morgan fingerprint density at radius 3 is 2.48 bits per heavy atom. The topological polar surface area (TPSA) is 91.5 Å². The van der Waals surface area contributed by atoms with Gasteiger partial charge in [0, 0.05) is 11.4 Å². The first-order valence-corrected chi connectivity index (χ1v) is 10.4. The molecule has 0 saturated heterocycles. The van der Waals surface area contributed by atoms with Gasteiger partial charge in [0.05, 0.1) is 5.57 Å². The van der Waals surface area contributed by atoms with E-state index in [0.29, 0.717) is 39.6 Å². The fourth-order valence-electron chi connectivity index (χ4n) is 3.67. The van der Waals surface area contributed by atoms with E-state index < -0.39 is 6.04 Å². The number of para-hydroxylation sites is 3. The number of aliphatic imine (C=N–C) groups is 1. The normalized spacial score (nSPS) is 15.7. The standard InChI is InChI=1S/C25H20FN5O2/c1-15-21(23(32)28-18-7-3-2-4-8-18)22(16-11-13-17(26)14-12-16)30-24(27-15)31-25-29-19-9-5-6-10-20(19)33-25/h2-14,22H,1H3,(H,28,32)(H2,27,29,30,31)/t22-/m0/s1. The SMILES string of the molecule is CC1=C(C(=O)Nc2ccccc2)[C@H](c2ccc(F)cc2)N=C(Nc2nc3ccccc3o2)N1. The van der Waals surface area contributed by atoms with Crippen molar-refractivity contribution in [2.75, 3.05) is 10.6 Å². The number of carbonyl (C=O) groups is 1. The number of hydrogen-bond donors (Lipinski definition) is 3. The number of allylic oxidation sites excluding steroid dienone is 1. The van der Waals surface area contributed by atoms with Crippen molar-refractivity contribution in [3.05, 3.63) is 102 Å². The zero-order chi connectivity index (χ0) is 22.8. The average Bonchev–Trinajstić information content (AvgIpc) is 3.22. The zero-order valence-corrected chi connectivity index (χ0v) is 17.7. The summed E-state index contributed by atoms with van der Waals surface area (Å²) in [6, 6.07) is 22.1. The number of anilines is 2. The summed E-state index contributed by atoms with van der Waals surface area (Å²) < 4.78 is 19.3. The van der Waals surface area contributed by atoms with Gasteiger partial charge in [-0.1, -0.05) is 42.5 Å². The second-order valence-corrected chi connectivity index (χ2v) is 7.53. The molecule has 0 bridgehead atoms. The molecule has 0 unspecified atom stereocenters. The molecule has 1 aliphatic heterocycles. The summed E-state index contributed by atoms with van der Waals surface area (Å²) >= 11 is 0. The molecular weight excluding hydrogens is 421 g/mol. The Balaban J connectivity index is 1.48. The van der Waals surface area contributed by atoms with Crippen LogP contribution in [0, 0.1) is 5.82 Å². The number of carbonyl (C=O) groups excluding carboxylic acids is 1. The second kappa shape index (κ2) is 8.58. The molecular formula is C25H20FN5O2. The van der Waals surface area contributed by atoms with Crippen molar-refractivity contribution >= 4 is 34.7 Å². The molecule has 0 fully saturated rings. The third kappa shape index (κ3) is 4.31. The lowest BCUT2D eigenvalue weighted by Gasteiger charge is -2.26. The lowest BCUT2D eigenvalue weighted by Crippen LogP contribution is -2.37. The Labute approximate surface area is 189 Å². The highest BCUT2D eigenvalue weighted by atomic mass is 19.1. The molecule has 164 valence electrons. The number of halogens is 1. The van der Waals surface area contributed by atoms with Gasteiger partial charge in [0.1, 0.15) is 17.4 Å². The van der Waals surface area contributed by atoms with Gasteiger partial charge < -0.3 is 15.1 Å². The Bertz CT molecular complexity index is 1340. The highest BCUT2D eigenvalue weighted by molar-refractivity contribution is 6.07. The molecule has 4 aromatic rings. The van der Waals surface area contributed by atoms with Crippen molar-refractivity contribution in [2.45, 2.75) is 13.0 Å². The number of nitrogens with one attached hydrogen (secondary N) is 3. The van der Waals surface area contributed by atoms with E-state index in [2.05, 4.69) is 20.9 Å². The third-order valence-corrected chi connectivity index (χ3v) is 5.22. The van der Waals surface area contributed by atoms with Gasteiger partial charge in [-0.15, -0.1) is 0 Å². The van der Waals surface area contributed by atoms with Crippen LogP contribution in [0.25, 0.3) is 11.1 Å². The number of nitrogens with zero attached hydrogens (tertiary/aromatic N) is 2. The fourth-order valence-corrected chi connectivity index (χ4v) is 3.67. The molecule has 8 heteroatoms. The molecule has 5 rings (SSSR count). The van der Waals surface area contributed by atoms with Crippen molar-refractivity contribution in [3.63, 3.8) is 0 Å². The van der Waals surface area contributed by atoms with E-state index in [0.717, 1.165) is 0 Å². The first-order valence-electron chi connectivity index (χ1n) is 10.4. The summed E-state index contributed by atoms with van der Waals surface area (Å²) in [6.07, 6.45) is 0. The molecule has 1 atom stereocenters. The number of fused-ring (bicyclic) bond motifs is 1. The van der Waals surface area contributed by atoms with Crippen molar-refractivity contribution in [2.24, 2.45) is 4.99 Å². The number of amides is 1. The lowest BCUT2D eigenvalue weighted by atomic mass is 9.95. The minimum Gasteiger partial charge on any atom is -0.423 e. The number of oxazole rings is 1. The molecule has 0 aliphatic carbocycles. The highest BCUT2D eigenvalue weighted by Crippen LogP contribution is 2.32. The van der Waals surface area contributed by atoms with E-state index >= 15 is 0 Å². The monoisotopic (exact) mass is 441 g/mol. The molecule has 1 aliphatic rings. The molecule has 1 aromatic heterocycles. The molecule has 0 saturated carbocycles. The number of guanidine groups is 1. The Hall–Kier alpha value is -4.46. The highest BCUT2D eigenvalue weighted by Gasteiger charge is 2.30. The summed E-state index contributed by atoms with van der Waals surface area (Å²) in [5.74, 6) is -0.299. The van der Waals surface area contributed by atoms with Gasteiger partial charge in [0.2, 0.25) is 5.96 Å². The minimum atomic E-state index is -0.664. The molecule has 2 heterocycles. The van der Waals surface area contributed by atoms with Gasteiger partial charge >= 0.3 is 6.01 Å². The third-order valence-electron chi connectivity index (χ3n) is 5.22. The van der Waals surface area contributed by atoms with E-state index in [9.17, 15) is 9.18 Å². The van der Waals surface area contributed by atoms with Crippen LogP contribution in [-0.2, 0) is 4.79 Å². The number of benzene rings is 3. The van der Waals surface area contributed by atoms with Gasteiger partial charge in [-0.05, 0) is 48.9 Å². The average molecular weight is 441 g/mol. The number of hydrogen-bond acceptors (Lipinski definition) is 6. The second-order valence-electron chi connectivity index (χ2n) is 7.53. The molecule has 7 nitrogen and oxygen atoms in total. The van der Waals surface area contributed by atoms with Crippen LogP contribution in [0.1, 0.15) is 18.5 Å². The Kier molecular flexibility index (Phi) is 5.32. The van der Waals surface area contributed by atoms with Crippen LogP contribution in [0.4, 0.5) is 16.1 Å². The van der Waals surface area contributed by atoms with E-state index in [4.69, 9.17) is 9.41 Å². The van der Waals surface area contributed by atoms with Crippen LogP contribution in [0.5, 0.6) is 0 Å². The lowest BCUT2D eigenvalue weighted by molar-refractivity contribution is -0.113. The van der Waals surface area contributed by atoms with E-state index in [-0.39, 0.29) is 17.7 Å². The predicted octanol–water partition coefficient (Wildman–Crippen LogP) is 4.99. The molecule has 3 N–H and O–H groups in total. The molecule has 0 spiro atoms. The van der Waals surface area contributed by atoms with E-state index in [1.54, 1.807) is 31.2 Å². The first-order chi connectivity index (χ1) is 16.1. The summed E-state index contributed by atoms with van der Waals surface area (Å²) in [6.45, 7) is 1.79. The Morgan fingerprint density at radius 2 is 1.73 bits per heavy atom. The Morgan fingerprint density at radius 1 is 1.00 bits per heavy atom. The maximum atomic E-state index is 13.6. The van der Waals surface area contributed by atoms with Crippen molar-refractivity contribution in [1.82, 2.24) is 10.3 Å². The van der Waals surface area contributed by atoms with E-state index in [1.165, 1.54) is 12.1 Å². The predicted molar refractivity (Wildman–Crippen MR) is 125 cm³/mol. The van der Waals surface area contributed by atoms with Gasteiger partial charge in [0.15, 0.2) is 5.58 Å². The van der Waals surface area contributed by atoms with Crippen LogP contribution in [0.3, 0.4) is 0 Å². The molecule has 3 aromatic carbocycles. The number of rotatable bonds is 4. The molecule has 0 radical (unpaired) electrons. The van der Waals surface area contributed by atoms with Crippen molar-refractivity contribution in [1.29, 1.82) is 0 Å². The van der Waals surface area contributed by atoms with Gasteiger partial charge in [-0.2, -0.15) is 4.98 Å². The largest absolute Gasteiger partial charge is 0.423 e. The summed E-state index contributed by atoms with van der Waals surface area (Å²) in [7, 11) is 0. The molecule has 1 amide bonds. The van der Waals surface area contributed by atoms with Crippen molar-refractivity contribution < 1.29 is 13.6 Å². The van der Waals surface area contributed by atoms with Crippen LogP contribution in [-0.4, -0.2) is 16.9 Å². The summed E-state index contributed by atoms with van der Waals surface area (Å²) in [5.41, 5.74) is 3.72. The summed E-state index contributed by atoms with van der Waals surface area (Å²) in [5, 5.41) is 9.07. The fraction of sp³-hybridized carbons (Fsp3) is 0.0800.